The molecule has 5 rings (SSSR count). The Balaban J connectivity index is 1.25. The van der Waals surface area contributed by atoms with Gasteiger partial charge >= 0.3 is 0 Å². The van der Waals surface area contributed by atoms with E-state index in [0.717, 1.165) is 44.4 Å². The number of aryl methyl sites for hydroxylation is 2. The summed E-state index contributed by atoms with van der Waals surface area (Å²) in [6.45, 7) is 5.67. The fourth-order valence-corrected chi connectivity index (χ4v) is 4.33. The van der Waals surface area contributed by atoms with Gasteiger partial charge in [0.05, 0.1) is 23.7 Å². The third-order valence-corrected chi connectivity index (χ3v) is 5.98. The van der Waals surface area contributed by atoms with Gasteiger partial charge in [0.1, 0.15) is 23.8 Å². The molecule has 1 aliphatic rings. The van der Waals surface area contributed by atoms with Crippen molar-refractivity contribution < 1.29 is 13.9 Å². The van der Waals surface area contributed by atoms with Crippen LogP contribution in [0.25, 0.3) is 10.6 Å². The minimum Gasteiger partial charge on any atom is -0.486 e. The van der Waals surface area contributed by atoms with Crippen LogP contribution in [0.3, 0.4) is 0 Å². The minimum absolute atomic E-state index is 0.0795. The number of fused-ring (bicyclic) bond motifs is 1. The van der Waals surface area contributed by atoms with Gasteiger partial charge in [-0.05, 0) is 44.2 Å². The number of para-hydroxylation sites is 2. The fraction of sp³-hybridized carbons (Fsp3) is 0.273. The number of rotatable bonds is 6. The van der Waals surface area contributed by atoms with Crippen LogP contribution in [0.5, 0.6) is 11.5 Å². The highest BCUT2D eigenvalue weighted by Gasteiger charge is 2.22. The molecule has 154 valence electrons. The van der Waals surface area contributed by atoms with Crippen LogP contribution in [0, 0.1) is 13.8 Å². The molecule has 1 aromatic carbocycles. The van der Waals surface area contributed by atoms with E-state index < -0.39 is 0 Å². The lowest BCUT2D eigenvalue weighted by atomic mass is 10.2. The first-order valence-electron chi connectivity index (χ1n) is 9.83. The van der Waals surface area contributed by atoms with E-state index in [2.05, 4.69) is 10.3 Å². The maximum absolute atomic E-state index is 6.04. The molecule has 0 radical (unpaired) electrons. The lowest BCUT2D eigenvalue weighted by Gasteiger charge is -2.26. The smallest absolute Gasteiger partial charge is 0.183 e. The van der Waals surface area contributed by atoms with Crippen LogP contribution in [0.4, 0.5) is 5.13 Å². The van der Waals surface area contributed by atoms with Gasteiger partial charge in [-0.25, -0.2) is 4.98 Å². The molecular weight excluding hydrogens is 400 g/mol. The molecule has 0 aliphatic carbocycles. The highest BCUT2D eigenvalue weighted by Crippen LogP contribution is 2.33. The van der Waals surface area contributed by atoms with Crippen LogP contribution in [0.15, 0.2) is 53.1 Å². The van der Waals surface area contributed by atoms with E-state index in [1.165, 1.54) is 0 Å². The first kappa shape index (κ1) is 18.7. The highest BCUT2D eigenvalue weighted by molar-refractivity contribution is 7.19. The summed E-state index contributed by atoms with van der Waals surface area (Å²) >= 11 is 1.59. The Hall–Kier alpha value is -3.26. The zero-order valence-electron chi connectivity index (χ0n) is 16.8. The molecule has 8 heteroatoms. The average molecular weight is 423 g/mol. The molecule has 0 spiro atoms. The van der Waals surface area contributed by atoms with Crippen molar-refractivity contribution in [3.63, 3.8) is 0 Å². The van der Waals surface area contributed by atoms with Gasteiger partial charge in [-0.1, -0.05) is 23.5 Å². The summed E-state index contributed by atoms with van der Waals surface area (Å²) in [5, 5.41) is 8.91. The largest absolute Gasteiger partial charge is 0.486 e. The summed E-state index contributed by atoms with van der Waals surface area (Å²) in [5.74, 6) is 3.37. The quantitative estimate of drug-likeness (QED) is 0.487. The molecule has 1 unspecified atom stereocenters. The van der Waals surface area contributed by atoms with Crippen LogP contribution >= 0.6 is 11.3 Å². The fourth-order valence-electron chi connectivity index (χ4n) is 3.40. The molecule has 30 heavy (non-hydrogen) atoms. The van der Waals surface area contributed by atoms with Crippen molar-refractivity contribution in [1.29, 1.82) is 0 Å². The van der Waals surface area contributed by atoms with Gasteiger partial charge in [-0.2, -0.15) is 5.10 Å². The van der Waals surface area contributed by atoms with Crippen molar-refractivity contribution in [2.24, 2.45) is 0 Å². The maximum atomic E-state index is 6.04. The summed E-state index contributed by atoms with van der Waals surface area (Å²) in [4.78, 5) is 5.68. The molecule has 1 aliphatic heterocycles. The average Bonchev–Trinajstić information content (AvgIpc) is 3.46. The monoisotopic (exact) mass is 422 g/mol. The number of nitrogens with zero attached hydrogens (tertiary/aromatic N) is 3. The summed E-state index contributed by atoms with van der Waals surface area (Å²) < 4.78 is 19.3. The van der Waals surface area contributed by atoms with Crippen LogP contribution < -0.4 is 14.8 Å². The lowest BCUT2D eigenvalue weighted by Crippen LogP contribution is -2.33. The molecule has 4 heterocycles. The standard InChI is InChI=1S/C22H22N4O3S/c1-14-7-8-16(28-14)11-23-22-24-15(2)21(30-22)18-9-10-26(25-18)12-17-13-27-19-5-3-4-6-20(19)29-17/h3-10,17H,11-13H2,1-2H3,(H,23,24). The Kier molecular flexibility index (Phi) is 4.92. The SMILES string of the molecule is Cc1ccc(CNc2nc(C)c(-c3ccn(CC4COc5ccccc5O4)n3)s2)o1. The first-order chi connectivity index (χ1) is 14.6. The number of thiazole rings is 1. The van der Waals surface area contributed by atoms with E-state index in [0.29, 0.717) is 19.7 Å². The van der Waals surface area contributed by atoms with Crippen molar-refractivity contribution in [2.75, 3.05) is 11.9 Å². The predicted molar refractivity (Wildman–Crippen MR) is 115 cm³/mol. The normalized spacial score (nSPS) is 15.3. The lowest BCUT2D eigenvalue weighted by molar-refractivity contribution is 0.0759. The second kappa shape index (κ2) is 7.87. The van der Waals surface area contributed by atoms with Crippen LogP contribution in [0.1, 0.15) is 17.2 Å². The van der Waals surface area contributed by atoms with Gasteiger partial charge in [0.2, 0.25) is 0 Å². The van der Waals surface area contributed by atoms with Crippen molar-refractivity contribution in [3.05, 3.63) is 65.9 Å². The van der Waals surface area contributed by atoms with Gasteiger partial charge in [0.25, 0.3) is 0 Å². The number of aromatic nitrogens is 3. The van der Waals surface area contributed by atoms with Crippen molar-refractivity contribution in [1.82, 2.24) is 14.8 Å². The Morgan fingerprint density at radius 2 is 2.00 bits per heavy atom. The minimum atomic E-state index is -0.0795. The van der Waals surface area contributed by atoms with Crippen molar-refractivity contribution in [2.45, 2.75) is 33.0 Å². The topological polar surface area (TPSA) is 74.3 Å². The molecule has 0 fully saturated rings. The first-order valence-corrected chi connectivity index (χ1v) is 10.6. The van der Waals surface area contributed by atoms with E-state index in [-0.39, 0.29) is 6.10 Å². The molecule has 3 aromatic heterocycles. The summed E-state index contributed by atoms with van der Waals surface area (Å²) in [7, 11) is 0. The summed E-state index contributed by atoms with van der Waals surface area (Å²) in [6.07, 6.45) is 1.89. The van der Waals surface area contributed by atoms with Crippen LogP contribution in [-0.4, -0.2) is 27.5 Å². The Morgan fingerprint density at radius 1 is 1.13 bits per heavy atom. The Morgan fingerprint density at radius 3 is 2.83 bits per heavy atom. The second-order valence-corrected chi connectivity index (χ2v) is 8.22. The maximum Gasteiger partial charge on any atom is 0.183 e. The summed E-state index contributed by atoms with van der Waals surface area (Å²) in [5.41, 5.74) is 1.86. The number of ether oxygens (including phenoxy) is 2. The van der Waals surface area contributed by atoms with E-state index in [4.69, 9.17) is 19.0 Å². The number of nitrogens with one attached hydrogen (secondary N) is 1. The van der Waals surface area contributed by atoms with E-state index in [9.17, 15) is 0 Å². The van der Waals surface area contributed by atoms with Gasteiger partial charge in [0, 0.05) is 6.20 Å². The number of benzene rings is 1. The van der Waals surface area contributed by atoms with Crippen LogP contribution in [-0.2, 0) is 13.1 Å². The zero-order chi connectivity index (χ0) is 20.5. The number of furan rings is 1. The zero-order valence-corrected chi connectivity index (χ0v) is 17.6. The van der Waals surface area contributed by atoms with Crippen molar-refractivity contribution >= 4 is 16.5 Å². The van der Waals surface area contributed by atoms with E-state index in [1.807, 2.05) is 67.2 Å². The molecule has 0 saturated heterocycles. The number of hydrogen-bond acceptors (Lipinski definition) is 7. The van der Waals surface area contributed by atoms with Crippen molar-refractivity contribution in [3.8, 4) is 22.1 Å². The predicted octanol–water partition coefficient (Wildman–Crippen LogP) is 4.67. The number of hydrogen-bond donors (Lipinski definition) is 1. The number of anilines is 1. The van der Waals surface area contributed by atoms with Gasteiger partial charge in [-0.15, -0.1) is 0 Å². The molecule has 7 nitrogen and oxygen atoms in total. The Labute approximate surface area is 178 Å². The second-order valence-electron chi connectivity index (χ2n) is 7.22. The summed E-state index contributed by atoms with van der Waals surface area (Å²) in [6, 6.07) is 13.7. The molecular formula is C22H22N4O3S. The molecule has 0 bridgehead atoms. The van der Waals surface area contributed by atoms with E-state index in [1.54, 1.807) is 11.3 Å². The molecule has 1 N–H and O–H groups in total. The van der Waals surface area contributed by atoms with Gasteiger partial charge in [0.15, 0.2) is 22.7 Å². The van der Waals surface area contributed by atoms with Gasteiger partial charge < -0.3 is 19.2 Å². The van der Waals surface area contributed by atoms with Crippen LogP contribution in [0.2, 0.25) is 0 Å². The third kappa shape index (κ3) is 3.91. The molecule has 0 saturated carbocycles. The highest BCUT2D eigenvalue weighted by atomic mass is 32.1. The van der Waals surface area contributed by atoms with E-state index >= 15 is 0 Å². The van der Waals surface area contributed by atoms with Gasteiger partial charge in [-0.3, -0.25) is 4.68 Å². The molecule has 0 amide bonds. The molecule has 1 atom stereocenters. The molecule has 4 aromatic rings. The Bertz CT molecular complexity index is 1160. The third-order valence-electron chi connectivity index (χ3n) is 4.84.